The number of amides is 2. The third kappa shape index (κ3) is 5.94. The Bertz CT molecular complexity index is 960. The van der Waals surface area contributed by atoms with E-state index in [4.69, 9.17) is 0 Å². The lowest BCUT2D eigenvalue weighted by Gasteiger charge is -2.39. The highest BCUT2D eigenvalue weighted by atomic mass is 32.2. The fourth-order valence-corrected chi connectivity index (χ4v) is 7.11. The van der Waals surface area contributed by atoms with Gasteiger partial charge >= 0.3 is 0 Å². The molecule has 1 atom stereocenters. The second-order valence-electron chi connectivity index (χ2n) is 9.78. The molecule has 1 aromatic carbocycles. The summed E-state index contributed by atoms with van der Waals surface area (Å²) in [5.74, 6) is 0.786. The highest BCUT2D eigenvalue weighted by Gasteiger charge is 2.36. The van der Waals surface area contributed by atoms with Crippen LogP contribution in [0.5, 0.6) is 0 Å². The van der Waals surface area contributed by atoms with Gasteiger partial charge in [0.2, 0.25) is 11.8 Å². The second-order valence-corrected chi connectivity index (χ2v) is 12.0. The van der Waals surface area contributed by atoms with Gasteiger partial charge in [-0.1, -0.05) is 18.2 Å². The first kappa shape index (κ1) is 24.2. The van der Waals surface area contributed by atoms with Gasteiger partial charge in [0, 0.05) is 43.8 Å². The number of aryl methyl sites for hydroxylation is 2. The molecule has 0 saturated carbocycles. The van der Waals surface area contributed by atoms with E-state index in [2.05, 4.69) is 15.1 Å². The first-order chi connectivity index (χ1) is 15.7. The SMILES string of the molecule is Cc1cccc(C)c1NC(=O)CN1CCN(C(=O)C2CCN([C@H]3CCS(=O)(=O)C3)CC2)CC1. The summed E-state index contributed by atoms with van der Waals surface area (Å²) >= 11 is 0. The maximum atomic E-state index is 13.0. The van der Waals surface area contributed by atoms with Crippen molar-refractivity contribution in [2.24, 2.45) is 5.92 Å². The van der Waals surface area contributed by atoms with Crippen LogP contribution >= 0.6 is 0 Å². The van der Waals surface area contributed by atoms with Crippen LogP contribution in [0.15, 0.2) is 18.2 Å². The van der Waals surface area contributed by atoms with Gasteiger partial charge < -0.3 is 10.2 Å². The van der Waals surface area contributed by atoms with E-state index in [9.17, 15) is 18.0 Å². The Kier molecular flexibility index (Phi) is 7.40. The van der Waals surface area contributed by atoms with Crippen LogP contribution < -0.4 is 5.32 Å². The molecule has 0 radical (unpaired) electrons. The third-order valence-electron chi connectivity index (χ3n) is 7.40. The average Bonchev–Trinajstić information content (AvgIpc) is 3.16. The van der Waals surface area contributed by atoms with Crippen molar-refractivity contribution < 1.29 is 18.0 Å². The number of rotatable bonds is 5. The van der Waals surface area contributed by atoms with Gasteiger partial charge in [0.05, 0.1) is 18.1 Å². The number of nitrogens with one attached hydrogen (secondary N) is 1. The van der Waals surface area contributed by atoms with E-state index in [0.717, 1.165) is 49.2 Å². The molecule has 1 aromatic rings. The van der Waals surface area contributed by atoms with Gasteiger partial charge in [-0.15, -0.1) is 0 Å². The second kappa shape index (κ2) is 10.1. The van der Waals surface area contributed by atoms with E-state index in [-0.39, 0.29) is 29.5 Å². The van der Waals surface area contributed by atoms with Crippen molar-refractivity contribution >= 4 is 27.3 Å². The van der Waals surface area contributed by atoms with Crippen molar-refractivity contribution in [3.8, 4) is 0 Å². The first-order valence-corrected chi connectivity index (χ1v) is 13.9. The lowest BCUT2D eigenvalue weighted by molar-refractivity contribution is -0.139. The van der Waals surface area contributed by atoms with Crippen molar-refractivity contribution in [1.29, 1.82) is 0 Å². The molecular weight excluding hydrogens is 440 g/mol. The largest absolute Gasteiger partial charge is 0.340 e. The monoisotopic (exact) mass is 476 g/mol. The zero-order chi connectivity index (χ0) is 23.6. The summed E-state index contributed by atoms with van der Waals surface area (Å²) < 4.78 is 23.5. The average molecular weight is 477 g/mol. The molecular formula is C24H36N4O4S. The van der Waals surface area contributed by atoms with Gasteiger partial charge in [-0.2, -0.15) is 0 Å². The van der Waals surface area contributed by atoms with Crippen molar-refractivity contribution in [2.45, 2.75) is 39.2 Å². The van der Waals surface area contributed by atoms with Crippen LogP contribution in [0.1, 0.15) is 30.4 Å². The van der Waals surface area contributed by atoms with Crippen LogP contribution in [0.4, 0.5) is 5.69 Å². The van der Waals surface area contributed by atoms with E-state index < -0.39 is 9.84 Å². The summed E-state index contributed by atoms with van der Waals surface area (Å²) in [6.07, 6.45) is 2.32. The van der Waals surface area contributed by atoms with Crippen LogP contribution in [0.3, 0.4) is 0 Å². The fraction of sp³-hybridized carbons (Fsp3) is 0.667. The summed E-state index contributed by atoms with van der Waals surface area (Å²) in [4.78, 5) is 31.9. The predicted octanol–water partition coefficient (Wildman–Crippen LogP) is 1.29. The van der Waals surface area contributed by atoms with Crippen molar-refractivity contribution in [2.75, 3.05) is 62.6 Å². The topological polar surface area (TPSA) is 90.0 Å². The number of para-hydroxylation sites is 1. The van der Waals surface area contributed by atoms with Crippen molar-refractivity contribution in [1.82, 2.24) is 14.7 Å². The lowest BCUT2D eigenvalue weighted by Crippen LogP contribution is -2.53. The molecule has 2 amide bonds. The standard InChI is InChI=1S/C24H36N4O4S/c1-18-4-3-5-19(2)23(18)25-22(29)16-26-11-13-28(14-12-26)24(30)20-6-9-27(10-7-20)21-8-15-33(31,32)17-21/h3-5,20-21H,6-17H2,1-2H3,(H,25,29)/t21-/m0/s1. The smallest absolute Gasteiger partial charge is 0.238 e. The molecule has 8 nitrogen and oxygen atoms in total. The number of anilines is 1. The molecule has 0 aliphatic carbocycles. The Hall–Kier alpha value is -1.97. The normalized spacial score (nSPS) is 24.7. The minimum absolute atomic E-state index is 0.0199. The number of nitrogens with zero attached hydrogens (tertiary/aromatic N) is 3. The van der Waals surface area contributed by atoms with Gasteiger partial charge in [-0.05, 0) is 57.3 Å². The van der Waals surface area contributed by atoms with E-state index in [1.807, 2.05) is 36.9 Å². The van der Waals surface area contributed by atoms with Gasteiger partial charge in [0.25, 0.3) is 0 Å². The number of sulfone groups is 1. The maximum Gasteiger partial charge on any atom is 0.238 e. The Balaban J connectivity index is 1.20. The minimum atomic E-state index is -2.88. The molecule has 0 spiro atoms. The predicted molar refractivity (Wildman–Crippen MR) is 129 cm³/mol. The molecule has 3 fully saturated rings. The number of carbonyl (C=O) groups excluding carboxylic acids is 2. The van der Waals surface area contributed by atoms with Crippen LogP contribution in [-0.2, 0) is 19.4 Å². The van der Waals surface area contributed by atoms with Crippen LogP contribution in [0.2, 0.25) is 0 Å². The molecule has 4 rings (SSSR count). The number of piperidine rings is 1. The molecule has 9 heteroatoms. The van der Waals surface area contributed by atoms with Gasteiger partial charge in [0.1, 0.15) is 0 Å². The summed E-state index contributed by atoms with van der Waals surface area (Å²) in [7, 11) is -2.88. The van der Waals surface area contributed by atoms with E-state index >= 15 is 0 Å². The number of benzene rings is 1. The Morgan fingerprint density at radius 2 is 1.61 bits per heavy atom. The summed E-state index contributed by atoms with van der Waals surface area (Å²) in [5, 5.41) is 3.04. The number of hydrogen-bond acceptors (Lipinski definition) is 6. The minimum Gasteiger partial charge on any atom is -0.340 e. The summed E-state index contributed by atoms with van der Waals surface area (Å²) in [6.45, 7) is 8.62. The Morgan fingerprint density at radius 3 is 2.18 bits per heavy atom. The zero-order valence-electron chi connectivity index (χ0n) is 19.8. The molecule has 0 bridgehead atoms. The molecule has 1 N–H and O–H groups in total. The van der Waals surface area contributed by atoms with E-state index in [0.29, 0.717) is 38.5 Å². The van der Waals surface area contributed by atoms with Crippen molar-refractivity contribution in [3.05, 3.63) is 29.3 Å². The lowest BCUT2D eigenvalue weighted by atomic mass is 9.94. The summed E-state index contributed by atoms with van der Waals surface area (Å²) in [6, 6.07) is 6.10. The number of likely N-dealkylation sites (tertiary alicyclic amines) is 1. The maximum absolute atomic E-state index is 13.0. The van der Waals surface area contributed by atoms with Crippen molar-refractivity contribution in [3.63, 3.8) is 0 Å². The third-order valence-corrected chi connectivity index (χ3v) is 9.15. The van der Waals surface area contributed by atoms with Crippen LogP contribution in [0, 0.1) is 19.8 Å². The fourth-order valence-electron chi connectivity index (χ4n) is 5.35. The molecule has 182 valence electrons. The molecule has 0 unspecified atom stereocenters. The number of hydrogen-bond donors (Lipinski definition) is 1. The Morgan fingerprint density at radius 1 is 0.970 bits per heavy atom. The highest BCUT2D eigenvalue weighted by molar-refractivity contribution is 7.91. The molecule has 3 aliphatic heterocycles. The van der Waals surface area contributed by atoms with Gasteiger partial charge in [-0.3, -0.25) is 19.4 Å². The molecule has 0 aromatic heterocycles. The molecule has 3 heterocycles. The zero-order valence-corrected chi connectivity index (χ0v) is 20.6. The molecule has 3 aliphatic rings. The molecule has 33 heavy (non-hydrogen) atoms. The Labute approximate surface area is 197 Å². The number of carbonyl (C=O) groups is 2. The van der Waals surface area contributed by atoms with Crippen LogP contribution in [-0.4, -0.2) is 98.3 Å². The first-order valence-electron chi connectivity index (χ1n) is 12.0. The van der Waals surface area contributed by atoms with E-state index in [1.165, 1.54) is 0 Å². The summed E-state index contributed by atoms with van der Waals surface area (Å²) in [5.41, 5.74) is 3.00. The van der Waals surface area contributed by atoms with Gasteiger partial charge in [0.15, 0.2) is 9.84 Å². The number of piperazine rings is 1. The van der Waals surface area contributed by atoms with E-state index in [1.54, 1.807) is 0 Å². The molecule has 3 saturated heterocycles. The van der Waals surface area contributed by atoms with Crippen LogP contribution in [0.25, 0.3) is 0 Å². The highest BCUT2D eigenvalue weighted by Crippen LogP contribution is 2.26. The quantitative estimate of drug-likeness (QED) is 0.689. The van der Waals surface area contributed by atoms with Gasteiger partial charge in [-0.25, -0.2) is 8.42 Å².